The van der Waals surface area contributed by atoms with Crippen molar-refractivity contribution >= 4 is 5.97 Å². The Labute approximate surface area is 75.0 Å². The summed E-state index contributed by atoms with van der Waals surface area (Å²) in [5.74, 6) is -0.443. The van der Waals surface area contributed by atoms with Crippen LogP contribution in [0.4, 0.5) is 0 Å². The average Bonchev–Trinajstić information content (AvgIpc) is 2.04. The number of aliphatic carboxylic acids is 1. The quantitative estimate of drug-likeness (QED) is 0.668. The first-order valence-corrected chi connectivity index (χ1v) is 4.86. The second-order valence-corrected chi connectivity index (χ2v) is 3.47. The zero-order chi connectivity index (χ0) is 9.56. The van der Waals surface area contributed by atoms with E-state index < -0.39 is 5.97 Å². The average molecular weight is 172 g/mol. The normalized spacial score (nSPS) is 15.6. The number of hydrogen-bond acceptors (Lipinski definition) is 1. The van der Waals surface area contributed by atoms with Crippen molar-refractivity contribution in [1.82, 2.24) is 0 Å². The topological polar surface area (TPSA) is 37.3 Å². The van der Waals surface area contributed by atoms with E-state index >= 15 is 0 Å². The fourth-order valence-electron chi connectivity index (χ4n) is 1.36. The standard InChI is InChI=1S/C10H20O2/c1-4-6-7-9(10(11)12)8(3)5-2/h8-9H,4-7H2,1-3H3,(H,11,12)/t8-,9-/m1/s1. The molecule has 0 aliphatic carbocycles. The second kappa shape index (κ2) is 6.04. The number of carboxylic acids is 1. The van der Waals surface area contributed by atoms with Gasteiger partial charge in [0.05, 0.1) is 5.92 Å². The summed E-state index contributed by atoms with van der Waals surface area (Å²) in [5, 5.41) is 8.90. The third kappa shape index (κ3) is 3.74. The van der Waals surface area contributed by atoms with Crippen molar-refractivity contribution in [3.05, 3.63) is 0 Å². The largest absolute Gasteiger partial charge is 0.481 e. The van der Waals surface area contributed by atoms with E-state index in [0.29, 0.717) is 5.92 Å². The molecule has 0 unspecified atom stereocenters. The summed E-state index contributed by atoms with van der Waals surface area (Å²) in [7, 11) is 0. The van der Waals surface area contributed by atoms with Crippen LogP contribution in [0.3, 0.4) is 0 Å². The Morgan fingerprint density at radius 1 is 1.42 bits per heavy atom. The van der Waals surface area contributed by atoms with E-state index in [0.717, 1.165) is 25.7 Å². The Bertz CT molecular complexity index is 132. The first kappa shape index (κ1) is 11.5. The molecule has 12 heavy (non-hydrogen) atoms. The van der Waals surface area contributed by atoms with Gasteiger partial charge in [0.25, 0.3) is 0 Å². The molecule has 1 N–H and O–H groups in total. The summed E-state index contributed by atoms with van der Waals surface area (Å²) in [4.78, 5) is 10.8. The van der Waals surface area contributed by atoms with Crippen molar-refractivity contribution in [1.29, 1.82) is 0 Å². The van der Waals surface area contributed by atoms with Gasteiger partial charge in [-0.1, -0.05) is 40.0 Å². The van der Waals surface area contributed by atoms with Gasteiger partial charge in [-0.05, 0) is 12.3 Å². The molecule has 0 amide bonds. The molecule has 0 aliphatic rings. The predicted octanol–water partition coefficient (Wildman–Crippen LogP) is 2.92. The molecule has 2 heteroatoms. The van der Waals surface area contributed by atoms with Crippen molar-refractivity contribution in [2.24, 2.45) is 11.8 Å². The Balaban J connectivity index is 3.94. The predicted molar refractivity (Wildman–Crippen MR) is 50.1 cm³/mol. The molecule has 0 saturated heterocycles. The van der Waals surface area contributed by atoms with Gasteiger partial charge in [0.15, 0.2) is 0 Å². The first-order valence-electron chi connectivity index (χ1n) is 4.86. The zero-order valence-electron chi connectivity index (χ0n) is 8.34. The molecule has 0 spiro atoms. The molecule has 0 fully saturated rings. The van der Waals surface area contributed by atoms with Gasteiger partial charge in [0.2, 0.25) is 0 Å². The van der Waals surface area contributed by atoms with Gasteiger partial charge in [-0.15, -0.1) is 0 Å². The maximum absolute atomic E-state index is 10.8. The molecule has 0 aromatic rings. The molecule has 0 radical (unpaired) electrons. The van der Waals surface area contributed by atoms with E-state index in [1.54, 1.807) is 0 Å². The van der Waals surface area contributed by atoms with Crippen LogP contribution in [-0.4, -0.2) is 11.1 Å². The molecule has 2 nitrogen and oxygen atoms in total. The van der Waals surface area contributed by atoms with Crippen LogP contribution < -0.4 is 0 Å². The molecule has 0 saturated carbocycles. The Kier molecular flexibility index (Phi) is 5.77. The second-order valence-electron chi connectivity index (χ2n) is 3.47. The molecule has 0 rings (SSSR count). The van der Waals surface area contributed by atoms with Crippen molar-refractivity contribution in [2.45, 2.75) is 46.5 Å². The lowest BCUT2D eigenvalue weighted by Crippen LogP contribution is -2.21. The minimum absolute atomic E-state index is 0.130. The van der Waals surface area contributed by atoms with Crippen LogP contribution in [0.5, 0.6) is 0 Å². The molecule has 0 bridgehead atoms. The summed E-state index contributed by atoms with van der Waals surface area (Å²) in [6.07, 6.45) is 3.91. The van der Waals surface area contributed by atoms with Crippen molar-refractivity contribution in [3.63, 3.8) is 0 Å². The third-order valence-corrected chi connectivity index (χ3v) is 2.52. The number of carboxylic acid groups (broad SMARTS) is 1. The lowest BCUT2D eigenvalue weighted by molar-refractivity contribution is -0.143. The number of carbonyl (C=O) groups is 1. The SMILES string of the molecule is CCCC[C@@H](C(=O)O)[C@H](C)CC. The van der Waals surface area contributed by atoms with Crippen LogP contribution in [0, 0.1) is 11.8 Å². The van der Waals surface area contributed by atoms with E-state index in [-0.39, 0.29) is 5.92 Å². The number of unbranched alkanes of at least 4 members (excludes halogenated alkanes) is 1. The molecule has 0 aliphatic heterocycles. The van der Waals surface area contributed by atoms with Gasteiger partial charge in [-0.2, -0.15) is 0 Å². The van der Waals surface area contributed by atoms with E-state index in [4.69, 9.17) is 5.11 Å². The van der Waals surface area contributed by atoms with Crippen molar-refractivity contribution in [3.8, 4) is 0 Å². The molecular weight excluding hydrogens is 152 g/mol. The van der Waals surface area contributed by atoms with Crippen LogP contribution in [0.25, 0.3) is 0 Å². The van der Waals surface area contributed by atoms with E-state index in [1.807, 2.05) is 13.8 Å². The molecule has 0 heterocycles. The highest BCUT2D eigenvalue weighted by Gasteiger charge is 2.22. The highest BCUT2D eigenvalue weighted by atomic mass is 16.4. The fourth-order valence-corrected chi connectivity index (χ4v) is 1.36. The summed E-state index contributed by atoms with van der Waals surface area (Å²) in [6.45, 7) is 6.16. The summed E-state index contributed by atoms with van der Waals surface area (Å²) in [5.41, 5.74) is 0. The highest BCUT2D eigenvalue weighted by molar-refractivity contribution is 5.70. The molecule has 2 atom stereocenters. The summed E-state index contributed by atoms with van der Waals surface area (Å²) < 4.78 is 0. The van der Waals surface area contributed by atoms with E-state index in [9.17, 15) is 4.79 Å². The number of hydrogen-bond donors (Lipinski definition) is 1. The van der Waals surface area contributed by atoms with Crippen LogP contribution in [-0.2, 0) is 4.79 Å². The first-order chi connectivity index (χ1) is 5.63. The third-order valence-electron chi connectivity index (χ3n) is 2.52. The Hall–Kier alpha value is -0.530. The van der Waals surface area contributed by atoms with Gasteiger partial charge in [-0.25, -0.2) is 0 Å². The Morgan fingerprint density at radius 2 is 2.00 bits per heavy atom. The lowest BCUT2D eigenvalue weighted by Gasteiger charge is -2.17. The number of rotatable bonds is 6. The molecule has 0 aromatic heterocycles. The summed E-state index contributed by atoms with van der Waals surface area (Å²) in [6, 6.07) is 0. The minimum atomic E-state index is -0.627. The summed E-state index contributed by atoms with van der Waals surface area (Å²) >= 11 is 0. The van der Waals surface area contributed by atoms with Crippen LogP contribution in [0.15, 0.2) is 0 Å². The maximum Gasteiger partial charge on any atom is 0.306 e. The Morgan fingerprint density at radius 3 is 2.33 bits per heavy atom. The lowest BCUT2D eigenvalue weighted by atomic mass is 9.88. The van der Waals surface area contributed by atoms with Gasteiger partial charge in [0, 0.05) is 0 Å². The molecule has 72 valence electrons. The molecular formula is C10H20O2. The van der Waals surface area contributed by atoms with Crippen LogP contribution in [0.1, 0.15) is 46.5 Å². The van der Waals surface area contributed by atoms with Crippen LogP contribution in [0.2, 0.25) is 0 Å². The monoisotopic (exact) mass is 172 g/mol. The minimum Gasteiger partial charge on any atom is -0.481 e. The maximum atomic E-state index is 10.8. The van der Waals surface area contributed by atoms with Gasteiger partial charge in [-0.3, -0.25) is 4.79 Å². The van der Waals surface area contributed by atoms with Gasteiger partial charge in [0.1, 0.15) is 0 Å². The van der Waals surface area contributed by atoms with Crippen LogP contribution >= 0.6 is 0 Å². The molecule has 0 aromatic carbocycles. The van der Waals surface area contributed by atoms with Gasteiger partial charge < -0.3 is 5.11 Å². The van der Waals surface area contributed by atoms with Crippen molar-refractivity contribution in [2.75, 3.05) is 0 Å². The van der Waals surface area contributed by atoms with Crippen molar-refractivity contribution < 1.29 is 9.90 Å². The van der Waals surface area contributed by atoms with E-state index in [1.165, 1.54) is 0 Å². The smallest absolute Gasteiger partial charge is 0.306 e. The fraction of sp³-hybridized carbons (Fsp3) is 0.900. The van der Waals surface area contributed by atoms with Gasteiger partial charge >= 0.3 is 5.97 Å². The van der Waals surface area contributed by atoms with E-state index in [2.05, 4.69) is 6.92 Å². The zero-order valence-corrected chi connectivity index (χ0v) is 8.34. The highest BCUT2D eigenvalue weighted by Crippen LogP contribution is 2.21.